The van der Waals surface area contributed by atoms with Crippen molar-refractivity contribution in [2.75, 3.05) is 6.61 Å². The Balaban J connectivity index is 0.00000169. The number of rotatable bonds is 3. The molecule has 0 saturated carbocycles. The van der Waals surface area contributed by atoms with Gasteiger partial charge in [-0.05, 0) is 24.6 Å². The normalized spacial score (nSPS) is 11.9. The summed E-state index contributed by atoms with van der Waals surface area (Å²) in [6.45, 7) is -0.00683. The molecule has 1 rings (SSSR count). The minimum absolute atomic E-state index is 0. The number of aliphatic hydroxyl groups excluding tert-OH is 1. The number of hydrogen-bond acceptors (Lipinski definition) is 3. The van der Waals surface area contributed by atoms with Crippen molar-refractivity contribution in [3.8, 4) is 5.75 Å². The van der Waals surface area contributed by atoms with E-state index in [0.29, 0.717) is 17.0 Å². The average molecular weight is 238 g/mol. The quantitative estimate of drug-likeness (QED) is 0.752. The molecule has 14 heavy (non-hydrogen) atoms. The molecule has 0 bridgehead atoms. The summed E-state index contributed by atoms with van der Waals surface area (Å²) in [6.07, 6.45) is 0.411. The third-order valence-electron chi connectivity index (χ3n) is 1.83. The summed E-state index contributed by atoms with van der Waals surface area (Å²) in [5.41, 5.74) is 6.27. The van der Waals surface area contributed by atoms with Crippen LogP contribution in [-0.4, -0.2) is 16.8 Å². The van der Waals surface area contributed by atoms with Crippen molar-refractivity contribution in [1.82, 2.24) is 0 Å². The zero-order chi connectivity index (χ0) is 9.84. The minimum atomic E-state index is -0.372. The molecule has 5 heteroatoms. The summed E-state index contributed by atoms with van der Waals surface area (Å²) in [6, 6.07) is 4.32. The van der Waals surface area contributed by atoms with E-state index in [2.05, 4.69) is 0 Å². The van der Waals surface area contributed by atoms with Gasteiger partial charge >= 0.3 is 0 Å². The lowest BCUT2D eigenvalue weighted by atomic mass is 10.0. The van der Waals surface area contributed by atoms with E-state index < -0.39 is 0 Å². The molecule has 4 N–H and O–H groups in total. The van der Waals surface area contributed by atoms with E-state index in [1.54, 1.807) is 12.1 Å². The number of nitrogens with two attached hydrogens (primary N) is 1. The van der Waals surface area contributed by atoms with E-state index >= 15 is 0 Å². The fourth-order valence-electron chi connectivity index (χ4n) is 1.12. The van der Waals surface area contributed by atoms with Crippen LogP contribution in [0.2, 0.25) is 5.02 Å². The molecular weight excluding hydrogens is 225 g/mol. The average Bonchev–Trinajstić information content (AvgIpc) is 2.09. The van der Waals surface area contributed by atoms with Crippen molar-refractivity contribution in [1.29, 1.82) is 0 Å². The molecule has 3 nitrogen and oxygen atoms in total. The van der Waals surface area contributed by atoms with Gasteiger partial charge in [0.15, 0.2) is 0 Å². The molecule has 0 heterocycles. The lowest BCUT2D eigenvalue weighted by Gasteiger charge is -2.12. The Morgan fingerprint density at radius 1 is 1.43 bits per heavy atom. The summed E-state index contributed by atoms with van der Waals surface area (Å²) in [4.78, 5) is 0. The van der Waals surface area contributed by atoms with Crippen LogP contribution < -0.4 is 5.73 Å². The molecule has 0 aliphatic heterocycles. The van der Waals surface area contributed by atoms with Gasteiger partial charge in [-0.1, -0.05) is 11.6 Å². The van der Waals surface area contributed by atoms with Crippen LogP contribution in [0, 0.1) is 0 Å². The lowest BCUT2D eigenvalue weighted by molar-refractivity contribution is 0.275. The van der Waals surface area contributed by atoms with Crippen LogP contribution in [0.5, 0.6) is 5.75 Å². The molecule has 1 atom stereocenters. The number of aliphatic hydroxyl groups is 1. The number of phenols is 1. The van der Waals surface area contributed by atoms with Crippen molar-refractivity contribution >= 4 is 24.0 Å². The second kappa shape index (κ2) is 6.09. The molecule has 0 aromatic heterocycles. The van der Waals surface area contributed by atoms with Crippen LogP contribution in [-0.2, 0) is 0 Å². The minimum Gasteiger partial charge on any atom is -0.508 e. The molecular formula is C9H13Cl2NO2. The second-order valence-electron chi connectivity index (χ2n) is 2.82. The van der Waals surface area contributed by atoms with Gasteiger partial charge in [0.05, 0.1) is 0 Å². The fraction of sp³-hybridized carbons (Fsp3) is 0.333. The summed E-state index contributed by atoms with van der Waals surface area (Å²) in [5, 5.41) is 18.6. The van der Waals surface area contributed by atoms with Crippen molar-refractivity contribution in [3.63, 3.8) is 0 Å². The maximum absolute atomic E-state index is 9.41. The Morgan fingerprint density at radius 3 is 2.64 bits per heavy atom. The van der Waals surface area contributed by atoms with E-state index in [1.807, 2.05) is 0 Å². The summed E-state index contributed by atoms with van der Waals surface area (Å²) in [7, 11) is 0. The van der Waals surface area contributed by atoms with Crippen molar-refractivity contribution in [2.45, 2.75) is 12.5 Å². The molecule has 0 radical (unpaired) electrons. The number of halogens is 2. The highest BCUT2D eigenvalue weighted by atomic mass is 35.5. The van der Waals surface area contributed by atoms with Gasteiger partial charge in [0.2, 0.25) is 0 Å². The Hall–Kier alpha value is -0.480. The van der Waals surface area contributed by atoms with Gasteiger partial charge in [-0.15, -0.1) is 12.4 Å². The maximum atomic E-state index is 9.41. The Morgan fingerprint density at radius 2 is 2.07 bits per heavy atom. The van der Waals surface area contributed by atoms with Crippen LogP contribution >= 0.6 is 24.0 Å². The van der Waals surface area contributed by atoms with Crippen LogP contribution in [0.4, 0.5) is 0 Å². The largest absolute Gasteiger partial charge is 0.508 e. The van der Waals surface area contributed by atoms with Gasteiger partial charge in [0, 0.05) is 23.2 Å². The van der Waals surface area contributed by atoms with Crippen molar-refractivity contribution in [3.05, 3.63) is 28.8 Å². The molecule has 0 amide bonds. The first-order chi connectivity index (χ1) is 6.15. The molecule has 0 aliphatic rings. The van der Waals surface area contributed by atoms with Gasteiger partial charge in [-0.25, -0.2) is 0 Å². The van der Waals surface area contributed by atoms with Gasteiger partial charge in [0.1, 0.15) is 5.75 Å². The Labute approximate surface area is 93.9 Å². The molecule has 1 aromatic carbocycles. The van der Waals surface area contributed by atoms with E-state index in [1.165, 1.54) is 6.07 Å². The van der Waals surface area contributed by atoms with Crippen LogP contribution in [0.1, 0.15) is 18.0 Å². The first kappa shape index (κ1) is 13.5. The summed E-state index contributed by atoms with van der Waals surface area (Å²) >= 11 is 5.73. The number of aromatic hydroxyl groups is 1. The number of benzene rings is 1. The predicted molar refractivity (Wildman–Crippen MR) is 59.0 cm³/mol. The van der Waals surface area contributed by atoms with Crippen LogP contribution in [0.25, 0.3) is 0 Å². The zero-order valence-electron chi connectivity index (χ0n) is 7.48. The van der Waals surface area contributed by atoms with Gasteiger partial charge < -0.3 is 15.9 Å². The Bertz CT molecular complexity index is 294. The van der Waals surface area contributed by atoms with Crippen molar-refractivity contribution < 1.29 is 10.2 Å². The van der Waals surface area contributed by atoms with Crippen LogP contribution in [0.15, 0.2) is 18.2 Å². The zero-order valence-corrected chi connectivity index (χ0v) is 9.05. The highest BCUT2D eigenvalue weighted by Gasteiger charge is 2.10. The number of phenolic OH excluding ortho intramolecular Hbond substituents is 1. The van der Waals surface area contributed by atoms with Gasteiger partial charge in [0.25, 0.3) is 0 Å². The third-order valence-corrected chi connectivity index (χ3v) is 2.06. The van der Waals surface area contributed by atoms with E-state index in [-0.39, 0.29) is 30.8 Å². The SMILES string of the molecule is Cl.N[C@@H](CCO)c1cc(Cl)ccc1O. The Kier molecular flexibility index (Phi) is 5.88. The first-order valence-corrected chi connectivity index (χ1v) is 4.38. The second-order valence-corrected chi connectivity index (χ2v) is 3.26. The number of hydrogen-bond donors (Lipinski definition) is 3. The van der Waals surface area contributed by atoms with E-state index in [4.69, 9.17) is 22.4 Å². The van der Waals surface area contributed by atoms with E-state index in [9.17, 15) is 5.11 Å². The molecule has 0 fully saturated rings. The van der Waals surface area contributed by atoms with Gasteiger partial charge in [-0.3, -0.25) is 0 Å². The predicted octanol–water partition coefficient (Wildman–Crippen LogP) is 1.85. The molecule has 0 aliphatic carbocycles. The van der Waals surface area contributed by atoms with Crippen LogP contribution in [0.3, 0.4) is 0 Å². The van der Waals surface area contributed by atoms with Gasteiger partial charge in [-0.2, -0.15) is 0 Å². The molecule has 0 spiro atoms. The molecule has 80 valence electrons. The third kappa shape index (κ3) is 3.35. The molecule has 0 saturated heterocycles. The fourth-order valence-corrected chi connectivity index (χ4v) is 1.30. The maximum Gasteiger partial charge on any atom is 0.120 e. The lowest BCUT2D eigenvalue weighted by Crippen LogP contribution is -2.11. The van der Waals surface area contributed by atoms with E-state index in [0.717, 1.165) is 0 Å². The van der Waals surface area contributed by atoms with Crippen molar-refractivity contribution in [2.24, 2.45) is 5.73 Å². The first-order valence-electron chi connectivity index (χ1n) is 4.00. The highest BCUT2D eigenvalue weighted by molar-refractivity contribution is 6.30. The summed E-state index contributed by atoms with van der Waals surface area (Å²) < 4.78 is 0. The topological polar surface area (TPSA) is 66.5 Å². The highest BCUT2D eigenvalue weighted by Crippen LogP contribution is 2.27. The standard InChI is InChI=1S/C9H12ClNO2.ClH/c10-6-1-2-9(13)7(5-6)8(11)3-4-12;/h1-2,5,8,12-13H,3-4,11H2;1H/t8-;/m0./s1. The molecule has 0 unspecified atom stereocenters. The summed E-state index contributed by atoms with van der Waals surface area (Å²) in [5.74, 6) is 0.116. The molecule has 1 aromatic rings. The monoisotopic (exact) mass is 237 g/mol. The smallest absolute Gasteiger partial charge is 0.120 e.